The third kappa shape index (κ3) is 7.18. The number of carbonyl (C=O) groups is 1. The number of hydrogen-bond acceptors (Lipinski definition) is 6. The summed E-state index contributed by atoms with van der Waals surface area (Å²) >= 11 is 0. The summed E-state index contributed by atoms with van der Waals surface area (Å²) in [6.45, 7) is 8.56. The van der Waals surface area contributed by atoms with Crippen LogP contribution in [0.5, 0.6) is 5.75 Å². The van der Waals surface area contributed by atoms with Crippen LogP contribution in [-0.4, -0.2) is 41.1 Å². The van der Waals surface area contributed by atoms with Crippen molar-refractivity contribution in [3.8, 4) is 5.75 Å². The molecule has 0 atom stereocenters. The molecule has 1 amide bonds. The molecule has 0 saturated carbocycles. The zero-order chi connectivity index (χ0) is 25.0. The summed E-state index contributed by atoms with van der Waals surface area (Å²) in [5.74, 6) is -0.470. The largest absolute Gasteiger partial charge is 0.495 e. The van der Waals surface area contributed by atoms with Gasteiger partial charge >= 0.3 is 0 Å². The zero-order valence-electron chi connectivity index (χ0n) is 19.6. The van der Waals surface area contributed by atoms with Crippen molar-refractivity contribution in [3.63, 3.8) is 0 Å². The van der Waals surface area contributed by atoms with Gasteiger partial charge in [-0.15, -0.1) is 0 Å². The molecule has 2 rings (SSSR count). The van der Waals surface area contributed by atoms with E-state index in [0.717, 1.165) is 0 Å². The van der Waals surface area contributed by atoms with Crippen molar-refractivity contribution < 1.29 is 26.4 Å². The fraction of sp³-hybridized carbons (Fsp3) is 0.409. The number of carbonyl (C=O) groups excluding carboxylic acids is 1. The van der Waals surface area contributed by atoms with Gasteiger partial charge in [-0.2, -0.15) is 0 Å². The molecule has 33 heavy (non-hydrogen) atoms. The van der Waals surface area contributed by atoms with E-state index in [2.05, 4.69) is 14.8 Å². The number of hydrogen-bond donors (Lipinski definition) is 3. The average Bonchev–Trinajstić information content (AvgIpc) is 2.68. The average molecular weight is 498 g/mol. The van der Waals surface area contributed by atoms with E-state index >= 15 is 0 Å². The molecule has 0 unspecified atom stereocenters. The molecular weight excluding hydrogens is 466 g/mol. The molecule has 0 aliphatic rings. The highest BCUT2D eigenvalue weighted by Crippen LogP contribution is 2.28. The van der Waals surface area contributed by atoms with E-state index < -0.39 is 31.5 Å². The number of rotatable bonds is 9. The summed E-state index contributed by atoms with van der Waals surface area (Å²) in [6, 6.07) is 8.96. The van der Waals surface area contributed by atoms with Crippen molar-refractivity contribution in [3.05, 3.63) is 47.5 Å². The number of nitrogens with one attached hydrogen (secondary N) is 3. The smallest absolute Gasteiger partial charge is 0.255 e. The predicted molar refractivity (Wildman–Crippen MR) is 130 cm³/mol. The molecule has 0 radical (unpaired) electrons. The number of ether oxygens (including phenoxy) is 1. The van der Waals surface area contributed by atoms with E-state index in [1.54, 1.807) is 52.8 Å². The molecule has 3 N–H and O–H groups in total. The number of anilines is 2. The SMILES string of the molecule is CCCS(=O)(=O)Nc1cccc(NC(=O)c2ccc(OC)c(S(=O)(=O)NC(C)(C)C)c2)c1C. The molecule has 0 aliphatic heterocycles. The normalized spacial score (nSPS) is 12.3. The van der Waals surface area contributed by atoms with Crippen LogP contribution < -0.4 is 19.5 Å². The van der Waals surface area contributed by atoms with Crippen LogP contribution in [0.4, 0.5) is 11.4 Å². The molecule has 2 aromatic rings. The van der Waals surface area contributed by atoms with E-state index in [9.17, 15) is 21.6 Å². The third-order valence-electron chi connectivity index (χ3n) is 4.48. The van der Waals surface area contributed by atoms with Crippen LogP contribution in [0.15, 0.2) is 41.3 Å². The van der Waals surface area contributed by atoms with Crippen LogP contribution in [0.3, 0.4) is 0 Å². The Hall–Kier alpha value is -2.63. The Balaban J connectivity index is 2.38. The van der Waals surface area contributed by atoms with E-state index in [1.807, 2.05) is 0 Å². The van der Waals surface area contributed by atoms with Gasteiger partial charge in [-0.05, 0) is 70.0 Å². The van der Waals surface area contributed by atoms with Crippen molar-refractivity contribution in [1.82, 2.24) is 4.72 Å². The molecule has 0 aromatic heterocycles. The van der Waals surface area contributed by atoms with Gasteiger partial charge in [0.05, 0.1) is 18.6 Å². The van der Waals surface area contributed by atoms with Crippen molar-refractivity contribution >= 4 is 37.3 Å². The molecule has 0 spiro atoms. The monoisotopic (exact) mass is 497 g/mol. The molecular formula is C22H31N3O6S2. The topological polar surface area (TPSA) is 131 Å². The summed E-state index contributed by atoms with van der Waals surface area (Å²) in [4.78, 5) is 12.8. The van der Waals surface area contributed by atoms with Crippen LogP contribution in [0.25, 0.3) is 0 Å². The summed E-state index contributed by atoms with van der Waals surface area (Å²) < 4.78 is 60.2. The van der Waals surface area contributed by atoms with E-state index in [0.29, 0.717) is 23.4 Å². The second kappa shape index (κ2) is 10.1. The maximum atomic E-state index is 12.9. The number of amides is 1. The van der Waals surface area contributed by atoms with Gasteiger partial charge in [-0.3, -0.25) is 9.52 Å². The molecule has 0 aliphatic carbocycles. The Bertz CT molecular complexity index is 1230. The van der Waals surface area contributed by atoms with Crippen LogP contribution in [0.2, 0.25) is 0 Å². The number of methoxy groups -OCH3 is 1. The first kappa shape index (κ1) is 26.6. The highest BCUT2D eigenvalue weighted by molar-refractivity contribution is 7.92. The molecule has 11 heteroatoms. The van der Waals surface area contributed by atoms with Gasteiger partial charge in [0, 0.05) is 16.8 Å². The van der Waals surface area contributed by atoms with Gasteiger partial charge < -0.3 is 10.1 Å². The number of benzene rings is 2. The van der Waals surface area contributed by atoms with Gasteiger partial charge in [-0.25, -0.2) is 21.6 Å². The van der Waals surface area contributed by atoms with Crippen LogP contribution in [0.1, 0.15) is 50.0 Å². The van der Waals surface area contributed by atoms with Gasteiger partial charge in [0.1, 0.15) is 10.6 Å². The minimum atomic E-state index is -3.96. The summed E-state index contributed by atoms with van der Waals surface area (Å²) in [5, 5.41) is 2.72. The second-order valence-corrected chi connectivity index (χ2v) is 12.1. The second-order valence-electron chi connectivity index (χ2n) is 8.57. The fourth-order valence-electron chi connectivity index (χ4n) is 3.05. The maximum absolute atomic E-state index is 12.9. The standard InChI is InChI=1S/C22H31N3O6S2/c1-7-13-32(27,28)24-18-10-8-9-17(15(18)2)23-21(26)16-11-12-19(31-6)20(14-16)33(29,30)25-22(3,4)5/h8-12,14,24-25H,7,13H2,1-6H3,(H,23,26). The van der Waals surface area contributed by atoms with Gasteiger partial charge in [0.15, 0.2) is 0 Å². The van der Waals surface area contributed by atoms with Crippen molar-refractivity contribution in [2.24, 2.45) is 0 Å². The first-order valence-corrected chi connectivity index (χ1v) is 13.5. The molecule has 0 heterocycles. The van der Waals surface area contributed by atoms with Gasteiger partial charge in [-0.1, -0.05) is 13.0 Å². The highest BCUT2D eigenvalue weighted by Gasteiger charge is 2.26. The van der Waals surface area contributed by atoms with E-state index in [1.165, 1.54) is 25.3 Å². The molecule has 0 bridgehead atoms. The predicted octanol–water partition coefficient (Wildman–Crippen LogP) is 3.48. The Morgan fingerprint density at radius 1 is 1.03 bits per heavy atom. The first-order valence-electron chi connectivity index (χ1n) is 10.3. The third-order valence-corrected chi connectivity index (χ3v) is 7.73. The van der Waals surface area contributed by atoms with E-state index in [-0.39, 0.29) is 22.0 Å². The van der Waals surface area contributed by atoms with Crippen LogP contribution in [-0.2, 0) is 20.0 Å². The molecule has 0 fully saturated rings. The molecule has 0 saturated heterocycles. The van der Waals surface area contributed by atoms with Crippen molar-refractivity contribution in [2.75, 3.05) is 22.9 Å². The van der Waals surface area contributed by atoms with Crippen LogP contribution in [0, 0.1) is 6.92 Å². The lowest BCUT2D eigenvalue weighted by Gasteiger charge is -2.21. The number of sulfonamides is 2. The maximum Gasteiger partial charge on any atom is 0.255 e. The molecule has 182 valence electrons. The quantitative estimate of drug-likeness (QED) is 0.486. The zero-order valence-corrected chi connectivity index (χ0v) is 21.3. The summed E-state index contributed by atoms with van der Waals surface area (Å²) in [7, 11) is -6.11. The Morgan fingerprint density at radius 2 is 1.67 bits per heavy atom. The fourth-order valence-corrected chi connectivity index (χ4v) is 5.86. The lowest BCUT2D eigenvalue weighted by Crippen LogP contribution is -2.40. The van der Waals surface area contributed by atoms with Crippen molar-refractivity contribution in [2.45, 2.75) is 51.5 Å². The molecule has 9 nitrogen and oxygen atoms in total. The van der Waals surface area contributed by atoms with Gasteiger partial charge in [0.25, 0.3) is 5.91 Å². The van der Waals surface area contributed by atoms with Crippen molar-refractivity contribution in [1.29, 1.82) is 0 Å². The van der Waals surface area contributed by atoms with Gasteiger partial charge in [0.2, 0.25) is 20.0 Å². The Kier molecular flexibility index (Phi) is 8.15. The first-order chi connectivity index (χ1) is 15.2. The summed E-state index contributed by atoms with van der Waals surface area (Å²) in [5.41, 5.74) is 0.645. The van der Waals surface area contributed by atoms with E-state index in [4.69, 9.17) is 4.74 Å². The Labute approximate surface area is 196 Å². The lowest BCUT2D eigenvalue weighted by molar-refractivity contribution is 0.102. The minimum Gasteiger partial charge on any atom is -0.495 e. The minimum absolute atomic E-state index is 0.0191. The highest BCUT2D eigenvalue weighted by atomic mass is 32.2. The molecule has 2 aromatic carbocycles. The van der Waals surface area contributed by atoms with Crippen LogP contribution >= 0.6 is 0 Å². The summed E-state index contributed by atoms with van der Waals surface area (Å²) in [6.07, 6.45) is 0.470. The lowest BCUT2D eigenvalue weighted by atomic mass is 10.1. The Morgan fingerprint density at radius 3 is 2.24 bits per heavy atom.